The molecule has 0 aliphatic rings. The lowest BCUT2D eigenvalue weighted by atomic mass is 10.2. The monoisotopic (exact) mass is 447 g/mol. The number of nitro benzene ring substituents is 2. The van der Waals surface area contributed by atoms with E-state index in [-0.39, 0.29) is 11.4 Å². The summed E-state index contributed by atoms with van der Waals surface area (Å²) in [6, 6.07) is 7.77. The van der Waals surface area contributed by atoms with Crippen molar-refractivity contribution in [2.24, 2.45) is 10.2 Å². The van der Waals surface area contributed by atoms with Gasteiger partial charge in [0.2, 0.25) is 11.8 Å². The number of fused-ring (bicyclic) bond motifs is 1. The summed E-state index contributed by atoms with van der Waals surface area (Å²) in [6.07, 6.45) is 0. The van der Waals surface area contributed by atoms with Crippen molar-refractivity contribution in [3.63, 3.8) is 0 Å². The van der Waals surface area contributed by atoms with E-state index in [9.17, 15) is 30.1 Å². The minimum absolute atomic E-state index is 0.0702. The summed E-state index contributed by atoms with van der Waals surface area (Å²) in [7, 11) is 0. The zero-order valence-electron chi connectivity index (χ0n) is 14.1. The Balaban J connectivity index is 2.18. The van der Waals surface area contributed by atoms with E-state index < -0.39 is 33.0 Å². The molecule has 0 radical (unpaired) electrons. The molecule has 3 rings (SSSR count). The molecule has 142 valence electrons. The molecule has 12 heteroatoms. The molecule has 0 atom stereocenters. The number of nitro groups is 2. The molecule has 0 bridgehead atoms. The van der Waals surface area contributed by atoms with Gasteiger partial charge in [-0.1, -0.05) is 15.9 Å². The normalized spacial score (nSPS) is 11.2. The van der Waals surface area contributed by atoms with Crippen molar-refractivity contribution >= 4 is 55.5 Å². The molecule has 1 aromatic heterocycles. The van der Waals surface area contributed by atoms with Crippen LogP contribution in [-0.4, -0.2) is 25.4 Å². The van der Waals surface area contributed by atoms with Gasteiger partial charge in [0, 0.05) is 22.8 Å². The predicted molar refractivity (Wildman–Crippen MR) is 102 cm³/mol. The standard InChI is InChI=1S/C16H10BrN5O6/c1-8(23)20-13-5-2-9(17)6-11(13)15(16(20)24)19-18-12-4-3-10(21(25)26)7-14(12)22(27)28/h2-7,24H,1H3. The first-order chi connectivity index (χ1) is 13.2. The Kier molecular flexibility index (Phi) is 4.88. The zero-order chi connectivity index (χ0) is 20.6. The Hall–Kier alpha value is -3.67. The number of hydrogen-bond donors (Lipinski definition) is 1. The van der Waals surface area contributed by atoms with E-state index in [1.54, 1.807) is 18.2 Å². The number of azo groups is 1. The second-order valence-corrected chi connectivity index (χ2v) is 6.49. The van der Waals surface area contributed by atoms with Gasteiger partial charge >= 0.3 is 5.69 Å². The molecule has 0 saturated carbocycles. The van der Waals surface area contributed by atoms with Gasteiger partial charge in [-0.15, -0.1) is 10.2 Å². The molecule has 0 aliphatic heterocycles. The van der Waals surface area contributed by atoms with E-state index in [1.807, 2.05) is 0 Å². The molecule has 28 heavy (non-hydrogen) atoms. The molecular weight excluding hydrogens is 438 g/mol. The highest BCUT2D eigenvalue weighted by atomic mass is 79.9. The molecule has 0 spiro atoms. The number of benzene rings is 2. The van der Waals surface area contributed by atoms with Gasteiger partial charge in [-0.3, -0.25) is 25.0 Å². The van der Waals surface area contributed by atoms with Gasteiger partial charge in [-0.2, -0.15) is 0 Å². The molecular formula is C16H10BrN5O6. The van der Waals surface area contributed by atoms with E-state index in [0.717, 1.165) is 22.8 Å². The lowest BCUT2D eigenvalue weighted by Crippen LogP contribution is -2.03. The summed E-state index contributed by atoms with van der Waals surface area (Å²) in [5, 5.41) is 40.4. The fraction of sp³-hybridized carbons (Fsp3) is 0.0625. The average Bonchev–Trinajstić information content (AvgIpc) is 2.90. The van der Waals surface area contributed by atoms with Crippen LogP contribution in [0.4, 0.5) is 22.7 Å². The molecule has 2 aromatic carbocycles. The molecule has 11 nitrogen and oxygen atoms in total. The quantitative estimate of drug-likeness (QED) is 0.337. The molecule has 0 aliphatic carbocycles. The second kappa shape index (κ2) is 7.15. The van der Waals surface area contributed by atoms with Gasteiger partial charge in [-0.05, 0) is 24.3 Å². The van der Waals surface area contributed by atoms with Crippen molar-refractivity contribution in [2.45, 2.75) is 6.92 Å². The lowest BCUT2D eigenvalue weighted by Gasteiger charge is -2.00. The van der Waals surface area contributed by atoms with E-state index in [1.165, 1.54) is 6.92 Å². The average molecular weight is 448 g/mol. The first-order valence-corrected chi connectivity index (χ1v) is 8.38. The molecule has 1 heterocycles. The van der Waals surface area contributed by atoms with Crippen LogP contribution in [0.2, 0.25) is 0 Å². The number of aromatic hydroxyl groups is 1. The number of nitrogens with zero attached hydrogens (tertiary/aromatic N) is 5. The third-order valence-corrected chi connectivity index (χ3v) is 4.31. The molecule has 0 unspecified atom stereocenters. The van der Waals surface area contributed by atoms with Gasteiger partial charge in [0.25, 0.3) is 5.69 Å². The third kappa shape index (κ3) is 3.32. The first kappa shape index (κ1) is 19.1. The number of non-ortho nitro benzene ring substituents is 1. The number of rotatable bonds is 4. The highest BCUT2D eigenvalue weighted by Crippen LogP contribution is 2.41. The van der Waals surface area contributed by atoms with E-state index in [4.69, 9.17) is 0 Å². The Bertz CT molecular complexity index is 1190. The van der Waals surface area contributed by atoms with Crippen molar-refractivity contribution in [2.75, 3.05) is 0 Å². The van der Waals surface area contributed by atoms with Gasteiger partial charge in [0.1, 0.15) is 0 Å². The second-order valence-electron chi connectivity index (χ2n) is 5.58. The number of aromatic nitrogens is 1. The highest BCUT2D eigenvalue weighted by molar-refractivity contribution is 9.10. The van der Waals surface area contributed by atoms with Crippen LogP contribution >= 0.6 is 15.9 Å². The molecule has 0 fully saturated rings. The minimum atomic E-state index is -0.823. The Morgan fingerprint density at radius 2 is 1.82 bits per heavy atom. The summed E-state index contributed by atoms with van der Waals surface area (Å²) >= 11 is 3.28. The molecule has 3 aromatic rings. The molecule has 0 amide bonds. The topological polar surface area (TPSA) is 153 Å². The number of halogens is 1. The Labute approximate surface area is 164 Å². The van der Waals surface area contributed by atoms with Crippen LogP contribution in [0.25, 0.3) is 10.9 Å². The van der Waals surface area contributed by atoms with Crippen LogP contribution in [-0.2, 0) is 0 Å². The summed E-state index contributed by atoms with van der Waals surface area (Å²) in [5.74, 6) is -0.943. The van der Waals surface area contributed by atoms with E-state index >= 15 is 0 Å². The van der Waals surface area contributed by atoms with Gasteiger partial charge < -0.3 is 5.11 Å². The maximum atomic E-state index is 11.9. The van der Waals surface area contributed by atoms with Crippen LogP contribution in [0.15, 0.2) is 51.1 Å². The largest absolute Gasteiger partial charge is 0.493 e. The maximum absolute atomic E-state index is 11.9. The fourth-order valence-electron chi connectivity index (χ4n) is 2.61. The minimum Gasteiger partial charge on any atom is -0.493 e. The molecule has 1 N–H and O–H groups in total. The third-order valence-electron chi connectivity index (χ3n) is 3.82. The van der Waals surface area contributed by atoms with Crippen LogP contribution < -0.4 is 0 Å². The van der Waals surface area contributed by atoms with Crippen molar-refractivity contribution in [3.05, 3.63) is 61.1 Å². The van der Waals surface area contributed by atoms with Crippen LogP contribution in [0.5, 0.6) is 5.88 Å². The summed E-state index contributed by atoms with van der Waals surface area (Å²) in [6.45, 7) is 1.25. The summed E-state index contributed by atoms with van der Waals surface area (Å²) in [4.78, 5) is 32.3. The first-order valence-electron chi connectivity index (χ1n) is 7.59. The molecule has 0 saturated heterocycles. The van der Waals surface area contributed by atoms with Crippen molar-refractivity contribution in [1.29, 1.82) is 0 Å². The SMILES string of the molecule is CC(=O)n1c(O)c(N=Nc2ccc([N+](=O)[O-])cc2[N+](=O)[O-])c2cc(Br)ccc21. The van der Waals surface area contributed by atoms with Gasteiger partial charge in [-0.25, -0.2) is 4.57 Å². The van der Waals surface area contributed by atoms with Crippen LogP contribution in [0.1, 0.15) is 11.7 Å². The maximum Gasteiger partial charge on any atom is 0.303 e. The van der Waals surface area contributed by atoms with Crippen LogP contribution in [0.3, 0.4) is 0 Å². The van der Waals surface area contributed by atoms with Crippen LogP contribution in [0, 0.1) is 20.2 Å². The number of hydrogen-bond acceptors (Lipinski definition) is 8. The summed E-state index contributed by atoms with van der Waals surface area (Å²) < 4.78 is 1.68. The smallest absolute Gasteiger partial charge is 0.303 e. The van der Waals surface area contributed by atoms with Gasteiger partial charge in [0.05, 0.1) is 21.4 Å². The summed E-state index contributed by atoms with van der Waals surface area (Å²) in [5.41, 5.74) is -1.02. The van der Waals surface area contributed by atoms with Crippen molar-refractivity contribution in [1.82, 2.24) is 4.57 Å². The lowest BCUT2D eigenvalue weighted by molar-refractivity contribution is -0.393. The van der Waals surface area contributed by atoms with E-state index in [2.05, 4.69) is 26.2 Å². The number of carbonyl (C=O) groups is 1. The highest BCUT2D eigenvalue weighted by Gasteiger charge is 2.22. The Morgan fingerprint density at radius 1 is 1.11 bits per heavy atom. The Morgan fingerprint density at radius 3 is 2.43 bits per heavy atom. The zero-order valence-corrected chi connectivity index (χ0v) is 15.7. The predicted octanol–water partition coefficient (Wildman–Crippen LogP) is 5.00. The van der Waals surface area contributed by atoms with Crippen molar-refractivity contribution in [3.8, 4) is 5.88 Å². The fourth-order valence-corrected chi connectivity index (χ4v) is 2.97. The number of carbonyl (C=O) groups excluding carboxylic acids is 1. The van der Waals surface area contributed by atoms with Gasteiger partial charge in [0.15, 0.2) is 11.4 Å². The van der Waals surface area contributed by atoms with Crippen molar-refractivity contribution < 1.29 is 19.7 Å². The van der Waals surface area contributed by atoms with E-state index in [0.29, 0.717) is 15.4 Å².